The number of ether oxygens (including phenoxy) is 1. The molecular weight excluding hydrogens is 557 g/mol. The van der Waals surface area contributed by atoms with E-state index in [0.29, 0.717) is 38.4 Å². The number of hydrogen-bond acceptors (Lipinski definition) is 9. The fourth-order valence-electron chi connectivity index (χ4n) is 3.43. The third kappa shape index (κ3) is 10.2. The molecule has 1 aliphatic rings. The van der Waals surface area contributed by atoms with E-state index in [1.807, 2.05) is 13.0 Å². The number of nitrogen functional groups attached to an aromatic ring is 2. The number of aromatic nitrogens is 2. The van der Waals surface area contributed by atoms with Gasteiger partial charge in [-0.15, -0.1) is 0 Å². The molecule has 2 aromatic heterocycles. The van der Waals surface area contributed by atoms with Crippen LogP contribution in [0, 0.1) is 5.41 Å². The van der Waals surface area contributed by atoms with Crippen LogP contribution >= 0.6 is 23.2 Å². The molecule has 12 heteroatoms. The van der Waals surface area contributed by atoms with E-state index in [1.54, 1.807) is 42.6 Å². The number of halogens is 2. The van der Waals surface area contributed by atoms with E-state index in [0.717, 1.165) is 30.2 Å². The minimum absolute atomic E-state index is 0.234. The van der Waals surface area contributed by atoms with Crippen molar-refractivity contribution in [2.45, 2.75) is 13.0 Å². The minimum Gasteiger partial charge on any atom is -0.486 e. The zero-order valence-electron chi connectivity index (χ0n) is 22.2. The quantitative estimate of drug-likeness (QED) is 0.242. The standard InChI is InChI=1S/C21H19Cl2N5O.C5H11NOS.CH5N/c1-12(21-16(22)10-27-11-17(21)23)29-14-4-6-19(25)15(8-14)18(24)5-2-13-3-7-20(26)28-9-13;1-6-2-4-8(7)5-3-6;1-2/h2-12,24H,25H2,1H3,(H2,26,28);2-5H2,1H3;2H2,1H3/b5-2+,24-18?;;. The summed E-state index contributed by atoms with van der Waals surface area (Å²) in [5, 5.41) is 9.20. The van der Waals surface area contributed by atoms with Crippen molar-refractivity contribution in [3.05, 3.63) is 81.7 Å². The molecule has 3 heterocycles. The van der Waals surface area contributed by atoms with E-state index in [2.05, 4.69) is 27.6 Å². The number of nitrogens with one attached hydrogen (secondary N) is 1. The molecule has 0 radical (unpaired) electrons. The molecule has 3 aromatic rings. The van der Waals surface area contributed by atoms with Gasteiger partial charge >= 0.3 is 0 Å². The number of benzene rings is 1. The van der Waals surface area contributed by atoms with Gasteiger partial charge in [-0.25, -0.2) is 4.98 Å². The Hall–Kier alpha value is -3.02. The third-order valence-corrected chi connectivity index (χ3v) is 7.46. The second-order valence-corrected chi connectivity index (χ2v) is 11.0. The fraction of sp³-hybridized carbons (Fsp3) is 0.296. The average molecular weight is 593 g/mol. The van der Waals surface area contributed by atoms with Gasteiger partial charge in [0.05, 0.1) is 15.8 Å². The summed E-state index contributed by atoms with van der Waals surface area (Å²) in [6, 6.07) is 8.66. The Morgan fingerprint density at radius 1 is 1.10 bits per heavy atom. The summed E-state index contributed by atoms with van der Waals surface area (Å²) in [6.07, 6.45) is 7.66. The first-order valence-corrected chi connectivity index (χ1v) is 14.3. The predicted molar refractivity (Wildman–Crippen MR) is 164 cm³/mol. The summed E-state index contributed by atoms with van der Waals surface area (Å²) in [5.74, 6) is 2.72. The normalized spacial score (nSPS) is 14.5. The van der Waals surface area contributed by atoms with Gasteiger partial charge in [-0.05, 0) is 63.0 Å². The third-order valence-electron chi connectivity index (χ3n) is 5.58. The van der Waals surface area contributed by atoms with Crippen molar-refractivity contribution in [1.29, 1.82) is 5.41 Å². The van der Waals surface area contributed by atoms with Crippen molar-refractivity contribution < 1.29 is 8.95 Å². The van der Waals surface area contributed by atoms with Crippen LogP contribution in [-0.2, 0) is 10.8 Å². The molecular formula is C27H35Cl2N7O2S. The van der Waals surface area contributed by atoms with Crippen molar-refractivity contribution >= 4 is 57.3 Å². The van der Waals surface area contributed by atoms with Gasteiger partial charge in [0.25, 0.3) is 0 Å². The Balaban J connectivity index is 0.000000451. The molecule has 1 fully saturated rings. The lowest BCUT2D eigenvalue weighted by atomic mass is 10.1. The van der Waals surface area contributed by atoms with Gasteiger partial charge < -0.3 is 32.2 Å². The summed E-state index contributed by atoms with van der Waals surface area (Å²) in [5.41, 5.74) is 18.9. The molecule has 7 N–H and O–H groups in total. The molecule has 0 saturated carbocycles. The van der Waals surface area contributed by atoms with Gasteiger partial charge in [0.15, 0.2) is 0 Å². The molecule has 39 heavy (non-hydrogen) atoms. The molecule has 9 nitrogen and oxygen atoms in total. The highest BCUT2D eigenvalue weighted by molar-refractivity contribution is 7.85. The number of pyridine rings is 2. The van der Waals surface area contributed by atoms with Crippen LogP contribution in [0.3, 0.4) is 0 Å². The lowest BCUT2D eigenvalue weighted by molar-refractivity contribution is 0.227. The van der Waals surface area contributed by atoms with Crippen LogP contribution in [0.5, 0.6) is 5.75 Å². The van der Waals surface area contributed by atoms with Gasteiger partial charge in [-0.3, -0.25) is 9.19 Å². The number of nitrogens with two attached hydrogens (primary N) is 3. The van der Waals surface area contributed by atoms with E-state index >= 15 is 0 Å². The first-order valence-electron chi connectivity index (χ1n) is 12.1. The van der Waals surface area contributed by atoms with E-state index in [4.69, 9.17) is 44.8 Å². The largest absolute Gasteiger partial charge is 0.486 e. The van der Waals surface area contributed by atoms with E-state index in [-0.39, 0.29) is 5.71 Å². The van der Waals surface area contributed by atoms with Crippen LogP contribution in [0.15, 0.2) is 55.0 Å². The van der Waals surface area contributed by atoms with Gasteiger partial charge in [-0.1, -0.05) is 29.3 Å². The lowest BCUT2D eigenvalue weighted by Gasteiger charge is -2.20. The SMILES string of the molecule is CC(Oc1ccc(N)c(C(=N)/C=C/c2ccc(N)nc2)c1)c1c(Cl)cncc1Cl.CN.CN1CCS(=O)CC1. The molecule has 210 valence electrons. The van der Waals surface area contributed by atoms with Crippen LogP contribution in [0.4, 0.5) is 11.5 Å². The summed E-state index contributed by atoms with van der Waals surface area (Å²) < 4.78 is 16.7. The zero-order chi connectivity index (χ0) is 28.9. The Morgan fingerprint density at radius 3 is 2.31 bits per heavy atom. The number of allylic oxidation sites excluding steroid dienone is 1. The fourth-order valence-corrected chi connectivity index (χ4v) is 5.34. The average Bonchev–Trinajstić information content (AvgIpc) is 2.92. The molecule has 0 spiro atoms. The number of hydrogen-bond donors (Lipinski definition) is 4. The number of nitrogens with zero attached hydrogens (tertiary/aromatic N) is 3. The Kier molecular flexibility index (Phi) is 13.3. The number of anilines is 2. The van der Waals surface area contributed by atoms with Crippen molar-refractivity contribution in [2.75, 3.05) is 50.2 Å². The first kappa shape index (κ1) is 32.2. The molecule has 0 aliphatic carbocycles. The molecule has 1 unspecified atom stereocenters. The summed E-state index contributed by atoms with van der Waals surface area (Å²) >= 11 is 12.4. The molecule has 0 bridgehead atoms. The maximum absolute atomic E-state index is 10.7. The molecule has 0 amide bonds. The summed E-state index contributed by atoms with van der Waals surface area (Å²) in [6.45, 7) is 3.85. The second-order valence-electron chi connectivity index (χ2n) is 8.44. The topological polar surface area (TPSA) is 157 Å². The first-order chi connectivity index (χ1) is 18.6. The Morgan fingerprint density at radius 2 is 1.74 bits per heavy atom. The van der Waals surface area contributed by atoms with Gasteiger partial charge in [0.2, 0.25) is 0 Å². The van der Waals surface area contributed by atoms with Crippen LogP contribution in [-0.4, -0.2) is 63.5 Å². The predicted octanol–water partition coefficient (Wildman–Crippen LogP) is 4.42. The lowest BCUT2D eigenvalue weighted by Crippen LogP contribution is -2.34. The minimum atomic E-state index is -0.503. The maximum Gasteiger partial charge on any atom is 0.124 e. The maximum atomic E-state index is 10.7. The Bertz CT molecular complexity index is 1260. The van der Waals surface area contributed by atoms with Crippen molar-refractivity contribution in [1.82, 2.24) is 14.9 Å². The number of rotatable bonds is 6. The summed E-state index contributed by atoms with van der Waals surface area (Å²) in [7, 11) is 3.06. The molecule has 1 aromatic carbocycles. The van der Waals surface area contributed by atoms with Crippen LogP contribution in [0.1, 0.15) is 29.7 Å². The molecule has 1 aliphatic heterocycles. The van der Waals surface area contributed by atoms with Gasteiger partial charge in [0, 0.05) is 70.8 Å². The summed E-state index contributed by atoms with van der Waals surface area (Å²) in [4.78, 5) is 10.2. The molecule has 4 rings (SSSR count). The second kappa shape index (κ2) is 16.2. The smallest absolute Gasteiger partial charge is 0.124 e. The van der Waals surface area contributed by atoms with Crippen molar-refractivity contribution in [3.63, 3.8) is 0 Å². The van der Waals surface area contributed by atoms with E-state index in [9.17, 15) is 4.21 Å². The monoisotopic (exact) mass is 591 g/mol. The van der Waals surface area contributed by atoms with Crippen LogP contribution in [0.2, 0.25) is 10.0 Å². The van der Waals surface area contributed by atoms with Crippen LogP contribution in [0.25, 0.3) is 6.08 Å². The van der Waals surface area contributed by atoms with Gasteiger partial charge in [-0.2, -0.15) is 0 Å². The highest BCUT2D eigenvalue weighted by Crippen LogP contribution is 2.33. The van der Waals surface area contributed by atoms with Crippen molar-refractivity contribution in [2.24, 2.45) is 5.73 Å². The highest BCUT2D eigenvalue weighted by Gasteiger charge is 2.17. The van der Waals surface area contributed by atoms with Gasteiger partial charge in [0.1, 0.15) is 17.7 Å². The van der Waals surface area contributed by atoms with E-state index in [1.165, 1.54) is 19.4 Å². The van der Waals surface area contributed by atoms with E-state index < -0.39 is 16.9 Å². The highest BCUT2D eigenvalue weighted by atomic mass is 35.5. The van der Waals surface area contributed by atoms with Crippen LogP contribution < -0.4 is 21.9 Å². The molecule has 1 atom stereocenters. The Labute approximate surface area is 242 Å². The van der Waals surface area contributed by atoms with Crippen molar-refractivity contribution in [3.8, 4) is 5.75 Å². The zero-order valence-corrected chi connectivity index (χ0v) is 24.6. The molecule has 1 saturated heterocycles.